The normalized spacial score (nSPS) is 18.7. The van der Waals surface area contributed by atoms with Crippen molar-refractivity contribution in [1.29, 1.82) is 0 Å². The fourth-order valence-electron chi connectivity index (χ4n) is 2.66. The highest BCUT2D eigenvalue weighted by molar-refractivity contribution is 5.67. The molecule has 0 atom stereocenters. The molecule has 0 bridgehead atoms. The van der Waals surface area contributed by atoms with Crippen LogP contribution in [0.1, 0.15) is 37.7 Å². The Morgan fingerprint density at radius 1 is 1.12 bits per heavy atom. The number of aliphatic hydroxyl groups is 1. The molecule has 1 saturated carbocycles. The van der Waals surface area contributed by atoms with E-state index in [1.165, 1.54) is 43.2 Å². The van der Waals surface area contributed by atoms with Crippen molar-refractivity contribution in [2.24, 2.45) is 5.92 Å². The lowest BCUT2D eigenvalue weighted by Gasteiger charge is -2.24. The van der Waals surface area contributed by atoms with Crippen LogP contribution in [0.2, 0.25) is 0 Å². The van der Waals surface area contributed by atoms with Crippen molar-refractivity contribution in [3.05, 3.63) is 42.0 Å². The average Bonchev–Trinajstić information content (AvgIpc) is 2.38. The van der Waals surface area contributed by atoms with Gasteiger partial charge < -0.3 is 5.11 Å². The summed E-state index contributed by atoms with van der Waals surface area (Å²) in [5.41, 5.74) is 2.63. The number of allylic oxidation sites excluding steroid dienone is 1. The summed E-state index contributed by atoms with van der Waals surface area (Å²) < 4.78 is 0. The third kappa shape index (κ3) is 2.73. The molecule has 0 radical (unpaired) electrons. The van der Waals surface area contributed by atoms with Crippen LogP contribution in [0.4, 0.5) is 0 Å². The van der Waals surface area contributed by atoms with Gasteiger partial charge in [-0.1, -0.05) is 55.7 Å². The van der Waals surface area contributed by atoms with Gasteiger partial charge in [-0.05, 0) is 29.9 Å². The molecule has 0 heterocycles. The molecular weight excluding hydrogens is 196 g/mol. The van der Waals surface area contributed by atoms with Crippen LogP contribution < -0.4 is 0 Å². The van der Waals surface area contributed by atoms with Gasteiger partial charge in [0.25, 0.3) is 0 Å². The maximum Gasteiger partial charge on any atom is 0.0618 e. The molecule has 1 fully saturated rings. The summed E-state index contributed by atoms with van der Waals surface area (Å²) in [6.07, 6.45) is 8.59. The van der Waals surface area contributed by atoms with Crippen molar-refractivity contribution in [3.8, 4) is 0 Å². The first-order chi connectivity index (χ1) is 7.92. The minimum absolute atomic E-state index is 0.153. The smallest absolute Gasteiger partial charge is 0.0618 e. The molecule has 1 aliphatic rings. The van der Waals surface area contributed by atoms with Crippen molar-refractivity contribution >= 4 is 5.57 Å². The molecule has 0 aromatic heterocycles. The van der Waals surface area contributed by atoms with Gasteiger partial charge in [-0.2, -0.15) is 0 Å². The summed E-state index contributed by atoms with van der Waals surface area (Å²) in [5.74, 6) is 0.656. The van der Waals surface area contributed by atoms with E-state index in [4.69, 9.17) is 5.11 Å². The molecule has 1 aromatic carbocycles. The highest BCUT2D eigenvalue weighted by atomic mass is 16.2. The maximum atomic E-state index is 9.15. The monoisotopic (exact) mass is 216 g/mol. The van der Waals surface area contributed by atoms with Crippen molar-refractivity contribution in [3.63, 3.8) is 0 Å². The first-order valence-corrected chi connectivity index (χ1v) is 6.28. The van der Waals surface area contributed by atoms with Gasteiger partial charge in [-0.25, -0.2) is 0 Å². The molecule has 1 nitrogen and oxygen atoms in total. The van der Waals surface area contributed by atoms with Gasteiger partial charge in [0.1, 0.15) is 0 Å². The number of hydrogen-bond donors (Lipinski definition) is 1. The fraction of sp³-hybridized carbons (Fsp3) is 0.467. The average molecular weight is 216 g/mol. The predicted molar refractivity (Wildman–Crippen MR) is 68.1 cm³/mol. The number of aliphatic hydroxyl groups excluding tert-OH is 1. The zero-order valence-electron chi connectivity index (χ0n) is 9.73. The van der Waals surface area contributed by atoms with E-state index < -0.39 is 0 Å². The molecule has 16 heavy (non-hydrogen) atoms. The van der Waals surface area contributed by atoms with Crippen LogP contribution in [0, 0.1) is 5.92 Å². The number of benzene rings is 1. The van der Waals surface area contributed by atoms with Gasteiger partial charge >= 0.3 is 0 Å². The van der Waals surface area contributed by atoms with Crippen molar-refractivity contribution < 1.29 is 5.11 Å². The van der Waals surface area contributed by atoms with Gasteiger partial charge in [-0.15, -0.1) is 0 Å². The Hall–Kier alpha value is -1.08. The Bertz CT molecular complexity index is 334. The molecule has 1 N–H and O–H groups in total. The SMILES string of the molecule is OCC=C(c1ccccc1)C1CCCCC1. The summed E-state index contributed by atoms with van der Waals surface area (Å²) in [5, 5.41) is 9.15. The first kappa shape index (κ1) is 11.4. The van der Waals surface area contributed by atoms with E-state index in [1.807, 2.05) is 12.1 Å². The lowest BCUT2D eigenvalue weighted by atomic mass is 9.81. The second-order valence-corrected chi connectivity index (χ2v) is 4.54. The molecule has 0 amide bonds. The van der Waals surface area contributed by atoms with Crippen LogP contribution in [-0.4, -0.2) is 11.7 Å². The first-order valence-electron chi connectivity index (χ1n) is 6.28. The van der Waals surface area contributed by atoms with Crippen LogP contribution in [0.3, 0.4) is 0 Å². The Kier molecular flexibility index (Phi) is 4.17. The van der Waals surface area contributed by atoms with Crippen LogP contribution in [0.15, 0.2) is 36.4 Å². The minimum Gasteiger partial charge on any atom is -0.392 e. The summed E-state index contributed by atoms with van der Waals surface area (Å²) >= 11 is 0. The van der Waals surface area contributed by atoms with E-state index in [9.17, 15) is 0 Å². The largest absolute Gasteiger partial charge is 0.392 e. The second-order valence-electron chi connectivity index (χ2n) is 4.54. The molecule has 0 unspecified atom stereocenters. The van der Waals surface area contributed by atoms with E-state index in [0.717, 1.165) is 0 Å². The molecule has 0 saturated heterocycles. The van der Waals surface area contributed by atoms with Gasteiger partial charge in [-0.3, -0.25) is 0 Å². The molecular formula is C15H20O. The lowest BCUT2D eigenvalue weighted by Crippen LogP contribution is -2.09. The van der Waals surface area contributed by atoms with E-state index in [1.54, 1.807) is 0 Å². The summed E-state index contributed by atoms with van der Waals surface area (Å²) in [6, 6.07) is 10.5. The number of hydrogen-bond acceptors (Lipinski definition) is 1. The zero-order valence-corrected chi connectivity index (χ0v) is 9.73. The van der Waals surface area contributed by atoms with E-state index in [0.29, 0.717) is 5.92 Å². The van der Waals surface area contributed by atoms with Crippen molar-refractivity contribution in [2.45, 2.75) is 32.1 Å². The van der Waals surface area contributed by atoms with Gasteiger partial charge in [0.05, 0.1) is 6.61 Å². The van der Waals surface area contributed by atoms with Crippen LogP contribution in [0.5, 0.6) is 0 Å². The fourth-order valence-corrected chi connectivity index (χ4v) is 2.66. The van der Waals surface area contributed by atoms with E-state index in [2.05, 4.69) is 24.3 Å². The molecule has 1 heteroatoms. The Labute approximate surface area is 97.8 Å². The minimum atomic E-state index is 0.153. The zero-order chi connectivity index (χ0) is 11.2. The lowest BCUT2D eigenvalue weighted by molar-refractivity contribution is 0.341. The maximum absolute atomic E-state index is 9.15. The molecule has 1 aromatic rings. The quantitative estimate of drug-likeness (QED) is 0.817. The predicted octanol–water partition coefficient (Wildman–Crippen LogP) is 3.64. The summed E-state index contributed by atoms with van der Waals surface area (Å²) in [4.78, 5) is 0. The van der Waals surface area contributed by atoms with Crippen LogP contribution in [0.25, 0.3) is 5.57 Å². The molecule has 1 aliphatic carbocycles. The third-order valence-electron chi connectivity index (χ3n) is 3.46. The van der Waals surface area contributed by atoms with Crippen molar-refractivity contribution in [2.75, 3.05) is 6.61 Å². The Balaban J connectivity index is 2.20. The van der Waals surface area contributed by atoms with Crippen LogP contribution >= 0.6 is 0 Å². The highest BCUT2D eigenvalue weighted by Crippen LogP contribution is 2.34. The Morgan fingerprint density at radius 3 is 2.44 bits per heavy atom. The van der Waals surface area contributed by atoms with Gasteiger partial charge in [0, 0.05) is 0 Å². The van der Waals surface area contributed by atoms with E-state index >= 15 is 0 Å². The molecule has 86 valence electrons. The van der Waals surface area contributed by atoms with E-state index in [-0.39, 0.29) is 6.61 Å². The second kappa shape index (κ2) is 5.86. The topological polar surface area (TPSA) is 20.2 Å². The van der Waals surface area contributed by atoms with Crippen LogP contribution in [-0.2, 0) is 0 Å². The summed E-state index contributed by atoms with van der Waals surface area (Å²) in [6.45, 7) is 0.153. The molecule has 2 rings (SSSR count). The standard InChI is InChI=1S/C15H20O/c16-12-11-15(13-7-3-1-4-8-13)14-9-5-2-6-10-14/h1,3-4,7-8,11,14,16H,2,5-6,9-10,12H2. The number of rotatable bonds is 3. The van der Waals surface area contributed by atoms with Gasteiger partial charge in [0.15, 0.2) is 0 Å². The summed E-state index contributed by atoms with van der Waals surface area (Å²) in [7, 11) is 0. The van der Waals surface area contributed by atoms with Crippen molar-refractivity contribution in [1.82, 2.24) is 0 Å². The van der Waals surface area contributed by atoms with Gasteiger partial charge in [0.2, 0.25) is 0 Å². The molecule has 0 spiro atoms. The third-order valence-corrected chi connectivity index (χ3v) is 3.46. The highest BCUT2D eigenvalue weighted by Gasteiger charge is 2.18. The Morgan fingerprint density at radius 2 is 1.81 bits per heavy atom. The molecule has 0 aliphatic heterocycles.